The Hall–Kier alpha value is -2.84. The molecule has 4 rings (SSSR count). The van der Waals surface area contributed by atoms with Gasteiger partial charge in [-0.15, -0.1) is 0 Å². The number of rotatable bonds is 4. The molecule has 1 nitrogen and oxygen atoms in total. The van der Waals surface area contributed by atoms with Crippen LogP contribution in [0.2, 0.25) is 0 Å². The molecule has 116 valence electrons. The van der Waals surface area contributed by atoms with Gasteiger partial charge in [-0.05, 0) is 40.1 Å². The largest absolute Gasteiger partial charge is 0.369 e. The summed E-state index contributed by atoms with van der Waals surface area (Å²) >= 11 is 0. The summed E-state index contributed by atoms with van der Waals surface area (Å²) in [6, 6.07) is 37.0. The van der Waals surface area contributed by atoms with Crippen molar-refractivity contribution in [1.82, 2.24) is 4.23 Å². The molecule has 0 atom stereocenters. The summed E-state index contributed by atoms with van der Waals surface area (Å²) in [5.41, 5.74) is 0. The minimum Gasteiger partial charge on any atom is -0.369 e. The molecule has 0 aliphatic carbocycles. The van der Waals surface area contributed by atoms with Crippen LogP contribution in [0.4, 0.5) is 0 Å². The molecule has 0 saturated heterocycles. The van der Waals surface area contributed by atoms with Gasteiger partial charge in [0.15, 0.2) is 0 Å². The Bertz CT molecular complexity index is 788. The Morgan fingerprint density at radius 3 is 1.08 bits per heavy atom. The molecule has 24 heavy (non-hydrogen) atoms. The van der Waals surface area contributed by atoms with Crippen molar-refractivity contribution < 1.29 is 0 Å². The fourth-order valence-electron chi connectivity index (χ4n) is 3.54. The first-order chi connectivity index (χ1) is 11.9. The summed E-state index contributed by atoms with van der Waals surface area (Å²) in [5, 5.41) is 4.16. The molecule has 1 heterocycles. The molecule has 0 bridgehead atoms. The zero-order valence-corrected chi connectivity index (χ0v) is 14.4. The third kappa shape index (κ3) is 2.32. The normalized spacial score (nSPS) is 11.3. The second kappa shape index (κ2) is 6.34. The molecule has 4 aromatic rings. The average molecular weight is 325 g/mol. The second-order valence-electron chi connectivity index (χ2n) is 5.90. The number of benzene rings is 3. The van der Waals surface area contributed by atoms with E-state index in [1.165, 1.54) is 15.6 Å². The van der Waals surface area contributed by atoms with Crippen LogP contribution >= 0.6 is 0 Å². The molecule has 0 aliphatic rings. The smallest absolute Gasteiger partial charge is 0.256 e. The monoisotopic (exact) mass is 325 g/mol. The molecule has 0 N–H and O–H groups in total. The summed E-state index contributed by atoms with van der Waals surface area (Å²) in [5.74, 6) is 0. The van der Waals surface area contributed by atoms with E-state index in [2.05, 4.69) is 120 Å². The van der Waals surface area contributed by atoms with E-state index in [9.17, 15) is 0 Å². The molecule has 3 aromatic carbocycles. The fourth-order valence-corrected chi connectivity index (χ4v) is 8.08. The standard InChI is InChI=1S/C22H19NSi/c1-4-12-20(13-5-1)24(23-18-10-11-19-23,21-14-6-2-7-15-21)22-16-8-3-9-17-22/h1-19H. The van der Waals surface area contributed by atoms with E-state index in [1.54, 1.807) is 0 Å². The Kier molecular flexibility index (Phi) is 3.89. The molecule has 0 amide bonds. The molecule has 0 radical (unpaired) electrons. The van der Waals surface area contributed by atoms with Gasteiger partial charge < -0.3 is 4.23 Å². The van der Waals surface area contributed by atoms with Crippen molar-refractivity contribution in [2.75, 3.05) is 0 Å². The van der Waals surface area contributed by atoms with Crippen molar-refractivity contribution in [3.05, 3.63) is 116 Å². The highest BCUT2D eigenvalue weighted by atomic mass is 28.3. The Balaban J connectivity index is 2.12. The van der Waals surface area contributed by atoms with Gasteiger partial charge in [-0.25, -0.2) is 0 Å². The Morgan fingerprint density at radius 2 is 0.750 bits per heavy atom. The van der Waals surface area contributed by atoms with Gasteiger partial charge in [-0.1, -0.05) is 91.0 Å². The maximum Gasteiger partial charge on any atom is 0.256 e. The molecule has 2 heteroatoms. The number of aromatic nitrogens is 1. The molecule has 0 spiro atoms. The van der Waals surface area contributed by atoms with E-state index in [0.717, 1.165) is 0 Å². The Morgan fingerprint density at radius 1 is 0.417 bits per heavy atom. The van der Waals surface area contributed by atoms with Gasteiger partial charge in [-0.2, -0.15) is 0 Å². The van der Waals surface area contributed by atoms with Crippen LogP contribution in [0.5, 0.6) is 0 Å². The van der Waals surface area contributed by atoms with Gasteiger partial charge in [0, 0.05) is 0 Å². The van der Waals surface area contributed by atoms with Crippen molar-refractivity contribution in [1.29, 1.82) is 0 Å². The van der Waals surface area contributed by atoms with Crippen LogP contribution in [0.15, 0.2) is 116 Å². The van der Waals surface area contributed by atoms with Crippen molar-refractivity contribution in [2.24, 2.45) is 0 Å². The van der Waals surface area contributed by atoms with Crippen LogP contribution in [0.1, 0.15) is 0 Å². The van der Waals surface area contributed by atoms with Gasteiger partial charge in [0.05, 0.1) is 0 Å². The maximum absolute atomic E-state index is 2.44. The van der Waals surface area contributed by atoms with Gasteiger partial charge in [0.25, 0.3) is 8.24 Å². The van der Waals surface area contributed by atoms with E-state index in [1.807, 2.05) is 0 Å². The van der Waals surface area contributed by atoms with Crippen LogP contribution in [-0.2, 0) is 0 Å². The van der Waals surface area contributed by atoms with Gasteiger partial charge in [0.2, 0.25) is 0 Å². The summed E-state index contributed by atoms with van der Waals surface area (Å²) in [6.07, 6.45) is 4.42. The Labute approximate surface area is 143 Å². The predicted molar refractivity (Wildman–Crippen MR) is 104 cm³/mol. The minimum atomic E-state index is -2.33. The molecular formula is C22H19NSi. The van der Waals surface area contributed by atoms with Crippen molar-refractivity contribution >= 4 is 23.8 Å². The van der Waals surface area contributed by atoms with Crippen LogP contribution < -0.4 is 15.6 Å². The lowest BCUT2D eigenvalue weighted by Crippen LogP contribution is -2.71. The van der Waals surface area contributed by atoms with Crippen LogP contribution in [0.25, 0.3) is 0 Å². The zero-order chi connectivity index (χ0) is 16.2. The molecule has 0 fully saturated rings. The van der Waals surface area contributed by atoms with Crippen LogP contribution in [0.3, 0.4) is 0 Å². The lowest BCUT2D eigenvalue weighted by atomic mass is 10.3. The summed E-state index contributed by atoms with van der Waals surface area (Å²) in [6.45, 7) is 0. The molecular weight excluding hydrogens is 306 g/mol. The first-order valence-corrected chi connectivity index (χ1v) is 10.2. The van der Waals surface area contributed by atoms with E-state index >= 15 is 0 Å². The second-order valence-corrected chi connectivity index (χ2v) is 9.57. The predicted octanol–water partition coefficient (Wildman–Crippen LogP) is 3.00. The lowest BCUT2D eigenvalue weighted by molar-refractivity contribution is 1.19. The highest BCUT2D eigenvalue weighted by Gasteiger charge is 2.41. The number of hydrogen-bond donors (Lipinski definition) is 0. The minimum absolute atomic E-state index is 1.39. The van der Waals surface area contributed by atoms with Crippen LogP contribution in [0, 0.1) is 0 Å². The van der Waals surface area contributed by atoms with Gasteiger partial charge in [0.1, 0.15) is 0 Å². The third-order valence-corrected chi connectivity index (χ3v) is 9.15. The highest BCUT2D eigenvalue weighted by molar-refractivity contribution is 7.10. The van der Waals surface area contributed by atoms with E-state index in [4.69, 9.17) is 0 Å². The lowest BCUT2D eigenvalue weighted by Gasteiger charge is -2.34. The quantitative estimate of drug-likeness (QED) is 0.401. The van der Waals surface area contributed by atoms with Crippen molar-refractivity contribution in [3.63, 3.8) is 0 Å². The van der Waals surface area contributed by atoms with E-state index in [0.29, 0.717) is 0 Å². The molecule has 0 unspecified atom stereocenters. The fraction of sp³-hybridized carbons (Fsp3) is 0. The third-order valence-electron chi connectivity index (χ3n) is 4.57. The molecule has 0 aliphatic heterocycles. The van der Waals surface area contributed by atoms with Gasteiger partial charge in [-0.3, -0.25) is 0 Å². The first kappa shape index (κ1) is 14.7. The average Bonchev–Trinajstić information content (AvgIpc) is 3.20. The number of nitrogens with zero attached hydrogens (tertiary/aromatic N) is 1. The molecule has 1 aromatic heterocycles. The van der Waals surface area contributed by atoms with Crippen LogP contribution in [-0.4, -0.2) is 12.5 Å². The topological polar surface area (TPSA) is 4.93 Å². The number of hydrogen-bond acceptors (Lipinski definition) is 0. The summed E-state index contributed by atoms with van der Waals surface area (Å²) < 4.78 is 2.44. The van der Waals surface area contributed by atoms with E-state index in [-0.39, 0.29) is 0 Å². The van der Waals surface area contributed by atoms with E-state index < -0.39 is 8.24 Å². The summed E-state index contributed by atoms with van der Waals surface area (Å²) in [7, 11) is -2.33. The van der Waals surface area contributed by atoms with Gasteiger partial charge >= 0.3 is 0 Å². The summed E-state index contributed by atoms with van der Waals surface area (Å²) in [4.78, 5) is 0. The zero-order valence-electron chi connectivity index (χ0n) is 13.4. The highest BCUT2D eigenvalue weighted by Crippen LogP contribution is 2.11. The van der Waals surface area contributed by atoms with Crippen molar-refractivity contribution in [2.45, 2.75) is 0 Å². The first-order valence-electron chi connectivity index (χ1n) is 8.22. The van der Waals surface area contributed by atoms with Crippen molar-refractivity contribution in [3.8, 4) is 0 Å². The molecule has 0 saturated carbocycles. The SMILES string of the molecule is c1ccc([Si](c2ccccc2)(c2ccccc2)n2cccc2)cc1. The maximum atomic E-state index is 2.44.